The van der Waals surface area contributed by atoms with E-state index < -0.39 is 5.60 Å². The number of likely N-dealkylation sites (tertiary alicyclic amines) is 1. The number of aromatic nitrogens is 3. The lowest BCUT2D eigenvalue weighted by Crippen LogP contribution is -2.41. The van der Waals surface area contributed by atoms with E-state index in [4.69, 9.17) is 14.5 Å². The summed E-state index contributed by atoms with van der Waals surface area (Å²) in [4.78, 5) is 26.9. The Kier molecular flexibility index (Phi) is 5.27. The van der Waals surface area contributed by atoms with E-state index in [0.717, 1.165) is 55.9 Å². The fraction of sp³-hybridized carbons (Fsp3) is 0.667. The Labute approximate surface area is 165 Å². The van der Waals surface area contributed by atoms with E-state index in [0.29, 0.717) is 24.9 Å². The number of carbonyl (C=O) groups excluding carboxylic acids is 1. The Morgan fingerprint density at radius 1 is 1.25 bits per heavy atom. The minimum absolute atomic E-state index is 0.216. The lowest BCUT2D eigenvalue weighted by molar-refractivity contribution is 0.0205. The number of H-pyrrole nitrogens is 1. The number of imidazole rings is 1. The number of aromatic amines is 1. The van der Waals surface area contributed by atoms with Gasteiger partial charge in [0.25, 0.3) is 0 Å². The number of pyridine rings is 1. The molecule has 1 atom stereocenters. The first-order chi connectivity index (χ1) is 13.4. The maximum Gasteiger partial charge on any atom is 0.410 e. The van der Waals surface area contributed by atoms with Crippen molar-refractivity contribution in [2.75, 3.05) is 26.3 Å². The molecule has 2 saturated heterocycles. The molecule has 1 amide bonds. The smallest absolute Gasteiger partial charge is 0.410 e. The minimum atomic E-state index is -0.458. The van der Waals surface area contributed by atoms with Gasteiger partial charge in [0.15, 0.2) is 5.65 Å². The van der Waals surface area contributed by atoms with Crippen LogP contribution in [-0.2, 0) is 9.47 Å². The van der Waals surface area contributed by atoms with Crippen LogP contribution in [0.4, 0.5) is 4.79 Å². The normalized spacial score (nSPS) is 21.8. The zero-order valence-electron chi connectivity index (χ0n) is 17.0. The molecule has 0 radical (unpaired) electrons. The number of piperidine rings is 1. The van der Waals surface area contributed by atoms with Crippen LogP contribution in [0, 0.1) is 0 Å². The lowest BCUT2D eigenvalue weighted by Gasteiger charge is -2.33. The summed E-state index contributed by atoms with van der Waals surface area (Å²) in [7, 11) is 0. The van der Waals surface area contributed by atoms with E-state index in [9.17, 15) is 4.79 Å². The highest BCUT2D eigenvalue weighted by molar-refractivity contribution is 5.75. The molecule has 7 nitrogen and oxygen atoms in total. The lowest BCUT2D eigenvalue weighted by atomic mass is 9.89. The van der Waals surface area contributed by atoms with Gasteiger partial charge < -0.3 is 19.4 Å². The van der Waals surface area contributed by atoms with Crippen LogP contribution in [0.3, 0.4) is 0 Å². The Morgan fingerprint density at radius 2 is 2.04 bits per heavy atom. The molecule has 2 aromatic heterocycles. The molecule has 4 heterocycles. The zero-order valence-corrected chi connectivity index (χ0v) is 17.0. The number of amides is 1. The predicted octanol–water partition coefficient (Wildman–Crippen LogP) is 3.97. The summed E-state index contributed by atoms with van der Waals surface area (Å²) in [5, 5.41) is 0. The number of rotatable bonds is 2. The van der Waals surface area contributed by atoms with Crippen LogP contribution >= 0.6 is 0 Å². The molecule has 0 saturated carbocycles. The van der Waals surface area contributed by atoms with Crippen LogP contribution in [0.25, 0.3) is 11.2 Å². The van der Waals surface area contributed by atoms with Crippen molar-refractivity contribution in [2.45, 2.75) is 63.9 Å². The summed E-state index contributed by atoms with van der Waals surface area (Å²) in [6.45, 7) is 8.69. The molecule has 1 N–H and O–H groups in total. The highest BCUT2D eigenvalue weighted by Gasteiger charge is 2.29. The van der Waals surface area contributed by atoms with E-state index in [2.05, 4.69) is 16.0 Å². The molecule has 0 bridgehead atoms. The predicted molar refractivity (Wildman–Crippen MR) is 106 cm³/mol. The largest absolute Gasteiger partial charge is 0.444 e. The number of nitrogens with one attached hydrogen (secondary N) is 1. The maximum atomic E-state index is 12.3. The quantitative estimate of drug-likeness (QED) is 0.845. The summed E-state index contributed by atoms with van der Waals surface area (Å²) in [5.74, 6) is 1.70. The number of ether oxygens (including phenoxy) is 2. The highest BCUT2D eigenvalue weighted by atomic mass is 16.6. The van der Waals surface area contributed by atoms with Gasteiger partial charge >= 0.3 is 6.09 Å². The molecule has 152 valence electrons. The van der Waals surface area contributed by atoms with E-state index in [1.165, 1.54) is 5.56 Å². The van der Waals surface area contributed by atoms with Crippen LogP contribution < -0.4 is 0 Å². The molecule has 2 aliphatic heterocycles. The fourth-order valence-corrected chi connectivity index (χ4v) is 4.14. The van der Waals surface area contributed by atoms with Gasteiger partial charge in [-0.25, -0.2) is 14.8 Å². The van der Waals surface area contributed by atoms with E-state index in [-0.39, 0.29) is 6.09 Å². The van der Waals surface area contributed by atoms with Crippen molar-refractivity contribution < 1.29 is 14.3 Å². The number of nitrogens with zero attached hydrogens (tertiary/aromatic N) is 3. The molecule has 0 aliphatic carbocycles. The van der Waals surface area contributed by atoms with Crippen molar-refractivity contribution in [3.8, 4) is 0 Å². The van der Waals surface area contributed by atoms with Gasteiger partial charge in [0, 0.05) is 31.8 Å². The molecule has 0 spiro atoms. The topological polar surface area (TPSA) is 80.3 Å². The first kappa shape index (κ1) is 19.2. The number of carbonyl (C=O) groups is 1. The van der Waals surface area contributed by atoms with Crippen molar-refractivity contribution in [3.05, 3.63) is 23.7 Å². The second-order valence-corrected chi connectivity index (χ2v) is 8.88. The van der Waals surface area contributed by atoms with Gasteiger partial charge in [0.05, 0.1) is 12.1 Å². The monoisotopic (exact) mass is 386 g/mol. The highest BCUT2D eigenvalue weighted by Crippen LogP contribution is 2.33. The molecule has 0 unspecified atom stereocenters. The Morgan fingerprint density at radius 3 is 2.71 bits per heavy atom. The Balaban J connectivity index is 1.47. The summed E-state index contributed by atoms with van der Waals surface area (Å²) in [5.41, 5.74) is 2.62. The number of hydrogen-bond donors (Lipinski definition) is 1. The molecule has 7 heteroatoms. The van der Waals surface area contributed by atoms with Crippen LogP contribution in [-0.4, -0.2) is 57.8 Å². The van der Waals surface area contributed by atoms with E-state index in [1.54, 1.807) is 0 Å². The SMILES string of the molecule is CC(C)(C)OC(=O)N1CCC(c2ccnc3nc([C@@H]4CCCOC4)[nH]c23)CC1. The van der Waals surface area contributed by atoms with Crippen LogP contribution in [0.5, 0.6) is 0 Å². The van der Waals surface area contributed by atoms with Gasteiger partial charge in [-0.15, -0.1) is 0 Å². The third-order valence-electron chi connectivity index (χ3n) is 5.58. The van der Waals surface area contributed by atoms with E-state index >= 15 is 0 Å². The summed E-state index contributed by atoms with van der Waals surface area (Å²) >= 11 is 0. The fourth-order valence-electron chi connectivity index (χ4n) is 4.14. The number of hydrogen-bond acceptors (Lipinski definition) is 5. The molecular weight excluding hydrogens is 356 g/mol. The van der Waals surface area contributed by atoms with Crippen molar-refractivity contribution in [1.82, 2.24) is 19.9 Å². The average Bonchev–Trinajstić information content (AvgIpc) is 3.12. The summed E-state index contributed by atoms with van der Waals surface area (Å²) in [6.07, 6.45) is 5.64. The van der Waals surface area contributed by atoms with Gasteiger partial charge in [-0.1, -0.05) is 0 Å². The third-order valence-corrected chi connectivity index (χ3v) is 5.58. The average molecular weight is 386 g/mol. The molecule has 2 aromatic rings. The molecular formula is C21H30N4O3. The van der Waals surface area contributed by atoms with Gasteiger partial charge in [-0.05, 0) is 64.0 Å². The van der Waals surface area contributed by atoms with Crippen molar-refractivity contribution in [1.29, 1.82) is 0 Å². The molecule has 4 rings (SSSR count). The molecule has 28 heavy (non-hydrogen) atoms. The van der Waals surface area contributed by atoms with Gasteiger partial charge in [-0.2, -0.15) is 0 Å². The van der Waals surface area contributed by atoms with Crippen LogP contribution in [0.2, 0.25) is 0 Å². The zero-order chi connectivity index (χ0) is 19.7. The van der Waals surface area contributed by atoms with Gasteiger partial charge in [0.1, 0.15) is 11.4 Å². The second-order valence-electron chi connectivity index (χ2n) is 8.88. The van der Waals surface area contributed by atoms with Gasteiger partial charge in [0.2, 0.25) is 0 Å². The number of fused-ring (bicyclic) bond motifs is 1. The minimum Gasteiger partial charge on any atom is -0.444 e. The third kappa shape index (κ3) is 4.14. The van der Waals surface area contributed by atoms with Crippen LogP contribution in [0.15, 0.2) is 12.3 Å². The molecule has 0 aromatic carbocycles. The Hall–Kier alpha value is -2.15. The summed E-state index contributed by atoms with van der Waals surface area (Å²) in [6, 6.07) is 2.09. The van der Waals surface area contributed by atoms with E-state index in [1.807, 2.05) is 31.9 Å². The first-order valence-corrected chi connectivity index (χ1v) is 10.3. The van der Waals surface area contributed by atoms with Gasteiger partial charge in [-0.3, -0.25) is 0 Å². The second kappa shape index (κ2) is 7.70. The first-order valence-electron chi connectivity index (χ1n) is 10.3. The van der Waals surface area contributed by atoms with Crippen molar-refractivity contribution in [3.63, 3.8) is 0 Å². The van der Waals surface area contributed by atoms with Crippen molar-refractivity contribution >= 4 is 17.3 Å². The Bertz CT molecular complexity index is 828. The standard InChI is InChI=1S/C21H30N4O3/c1-21(2,3)28-20(26)25-10-7-14(8-11-25)16-6-9-22-19-17(16)23-18(24-19)15-5-4-12-27-13-15/h6,9,14-15H,4-5,7-8,10-13H2,1-3H3,(H,22,23,24)/t15-/m1/s1. The van der Waals surface area contributed by atoms with Crippen LogP contribution in [0.1, 0.15) is 69.7 Å². The molecule has 2 aliphatic rings. The van der Waals surface area contributed by atoms with Crippen molar-refractivity contribution in [2.24, 2.45) is 0 Å². The summed E-state index contributed by atoms with van der Waals surface area (Å²) < 4.78 is 11.1. The molecule has 2 fully saturated rings. The maximum absolute atomic E-state index is 12.3.